The van der Waals surface area contributed by atoms with Gasteiger partial charge < -0.3 is 15.3 Å². The molecule has 0 radical (unpaired) electrons. The second-order valence-electron chi connectivity index (χ2n) is 7.72. The predicted molar refractivity (Wildman–Crippen MR) is 114 cm³/mol. The minimum Gasteiger partial charge on any atom is -0.480 e. The van der Waals surface area contributed by atoms with Crippen LogP contribution in [0.4, 0.5) is 0 Å². The number of sulfonamides is 1. The number of carbonyl (C=O) groups is 3. The molecule has 9 nitrogen and oxygen atoms in total. The van der Waals surface area contributed by atoms with E-state index >= 15 is 0 Å². The molecule has 1 saturated heterocycles. The van der Waals surface area contributed by atoms with Gasteiger partial charge in [-0.25, -0.2) is 13.2 Å². The molecule has 2 aliphatic rings. The number of carboxylic acid groups (broad SMARTS) is 1. The van der Waals surface area contributed by atoms with Crippen LogP contribution < -0.4 is 5.32 Å². The average Bonchev–Trinajstić information content (AvgIpc) is 2.74. The Morgan fingerprint density at radius 3 is 2.45 bits per heavy atom. The molecule has 31 heavy (non-hydrogen) atoms. The first-order chi connectivity index (χ1) is 14.7. The normalized spacial score (nSPS) is 24.7. The summed E-state index contributed by atoms with van der Waals surface area (Å²) in [5.74, 6) is -2.29. The van der Waals surface area contributed by atoms with Crippen LogP contribution >= 0.6 is 0 Å². The minimum absolute atomic E-state index is 0.0293. The lowest BCUT2D eigenvalue weighted by molar-refractivity contribution is -0.156. The molecule has 1 aromatic rings. The summed E-state index contributed by atoms with van der Waals surface area (Å²) in [7, 11) is -3.62. The zero-order valence-electron chi connectivity index (χ0n) is 17.3. The highest BCUT2D eigenvalue weighted by Gasteiger charge is 2.46. The molecule has 2 aliphatic heterocycles. The van der Waals surface area contributed by atoms with Crippen molar-refractivity contribution in [3.63, 3.8) is 0 Å². The lowest BCUT2D eigenvalue weighted by atomic mass is 9.98. The summed E-state index contributed by atoms with van der Waals surface area (Å²) < 4.78 is 26.3. The van der Waals surface area contributed by atoms with Gasteiger partial charge >= 0.3 is 5.97 Å². The maximum Gasteiger partial charge on any atom is 0.327 e. The van der Waals surface area contributed by atoms with Gasteiger partial charge in [-0.2, -0.15) is 4.31 Å². The molecule has 1 aromatic carbocycles. The Hall–Kier alpha value is -2.72. The van der Waals surface area contributed by atoms with Crippen molar-refractivity contribution in [2.45, 2.75) is 44.3 Å². The standard InChI is InChI=1S/C21H27N3O6S/c1-2-12-31(29,30)23-13-16-10-6-7-11-17(20(26)24(16)18(14-23)21(27)28)22-19(25)15-8-4-3-5-9-15/h3-9,16-18H,2,10-14H2,1H3,(H,22,25)(H,27,28)/t16-,17-,18-/m0/s1. The van der Waals surface area contributed by atoms with Crippen LogP contribution in [-0.4, -0.2) is 77.5 Å². The van der Waals surface area contributed by atoms with Gasteiger partial charge in [-0.1, -0.05) is 37.3 Å². The van der Waals surface area contributed by atoms with Crippen LogP contribution in [0.2, 0.25) is 0 Å². The van der Waals surface area contributed by atoms with Crippen LogP contribution in [0.15, 0.2) is 42.5 Å². The molecule has 2 heterocycles. The van der Waals surface area contributed by atoms with Gasteiger partial charge in [-0.15, -0.1) is 0 Å². The second-order valence-corrected chi connectivity index (χ2v) is 9.81. The summed E-state index contributed by atoms with van der Waals surface area (Å²) >= 11 is 0. The highest BCUT2D eigenvalue weighted by molar-refractivity contribution is 7.89. The number of amides is 2. The molecule has 168 valence electrons. The number of aliphatic carboxylic acids is 1. The maximum atomic E-state index is 13.3. The number of rotatable bonds is 6. The van der Waals surface area contributed by atoms with Crippen molar-refractivity contribution in [2.24, 2.45) is 0 Å². The molecule has 3 atom stereocenters. The topological polar surface area (TPSA) is 124 Å². The van der Waals surface area contributed by atoms with Gasteiger partial charge in [0, 0.05) is 24.7 Å². The predicted octanol–water partition coefficient (Wildman–Crippen LogP) is 0.841. The number of carboxylic acids is 1. The molecule has 0 aliphatic carbocycles. The average molecular weight is 450 g/mol. The van der Waals surface area contributed by atoms with Crippen LogP contribution in [0.3, 0.4) is 0 Å². The maximum absolute atomic E-state index is 13.3. The van der Waals surface area contributed by atoms with E-state index in [1.807, 2.05) is 0 Å². The third-order valence-corrected chi connectivity index (χ3v) is 7.51. The third-order valence-electron chi connectivity index (χ3n) is 5.50. The molecule has 1 fully saturated rings. The smallest absolute Gasteiger partial charge is 0.327 e. The zero-order chi connectivity index (χ0) is 22.6. The first kappa shape index (κ1) is 23.0. The first-order valence-corrected chi connectivity index (χ1v) is 11.9. The highest BCUT2D eigenvalue weighted by atomic mass is 32.2. The Labute approximate surface area is 181 Å². The van der Waals surface area contributed by atoms with Crippen LogP contribution in [0.25, 0.3) is 0 Å². The third kappa shape index (κ3) is 5.13. The van der Waals surface area contributed by atoms with E-state index in [0.717, 1.165) is 0 Å². The van der Waals surface area contributed by atoms with Crippen molar-refractivity contribution < 1.29 is 27.9 Å². The zero-order valence-corrected chi connectivity index (χ0v) is 18.1. The molecule has 0 spiro atoms. The SMILES string of the molecule is CCCS(=O)(=O)N1C[C@@H]2CC=CC[C@H](NC(=O)c3ccccc3)C(=O)N2[C@H](C(=O)O)C1. The second kappa shape index (κ2) is 9.61. The molecular formula is C21H27N3O6S. The fraction of sp³-hybridized carbons (Fsp3) is 0.476. The highest BCUT2D eigenvalue weighted by Crippen LogP contribution is 2.25. The summed E-state index contributed by atoms with van der Waals surface area (Å²) in [6.45, 7) is 1.47. The Bertz CT molecular complexity index is 963. The van der Waals surface area contributed by atoms with Crippen molar-refractivity contribution in [1.82, 2.24) is 14.5 Å². The number of piperazine rings is 1. The van der Waals surface area contributed by atoms with Crippen LogP contribution in [-0.2, 0) is 19.6 Å². The van der Waals surface area contributed by atoms with Gasteiger partial charge in [0.15, 0.2) is 0 Å². The van der Waals surface area contributed by atoms with E-state index in [1.165, 1.54) is 9.21 Å². The number of benzene rings is 1. The molecule has 0 bridgehead atoms. The van der Waals surface area contributed by atoms with Crippen molar-refractivity contribution in [3.05, 3.63) is 48.0 Å². The molecular weight excluding hydrogens is 422 g/mol. The lowest BCUT2D eigenvalue weighted by Gasteiger charge is -2.46. The Balaban J connectivity index is 1.87. The molecule has 10 heteroatoms. The molecule has 0 unspecified atom stereocenters. The van der Waals surface area contributed by atoms with Gasteiger partial charge in [-0.3, -0.25) is 9.59 Å². The van der Waals surface area contributed by atoms with Crippen molar-refractivity contribution in [2.75, 3.05) is 18.8 Å². The number of fused-ring (bicyclic) bond motifs is 1. The van der Waals surface area contributed by atoms with Gasteiger partial charge in [0.2, 0.25) is 15.9 Å². The molecule has 0 saturated carbocycles. The molecule has 2 N–H and O–H groups in total. The van der Waals surface area contributed by atoms with Crippen LogP contribution in [0, 0.1) is 0 Å². The Morgan fingerprint density at radius 2 is 1.81 bits per heavy atom. The summed E-state index contributed by atoms with van der Waals surface area (Å²) in [5, 5.41) is 12.5. The largest absolute Gasteiger partial charge is 0.480 e. The van der Waals surface area contributed by atoms with E-state index in [4.69, 9.17) is 0 Å². The van der Waals surface area contributed by atoms with E-state index in [0.29, 0.717) is 18.4 Å². The number of carbonyl (C=O) groups excluding carboxylic acids is 2. The Morgan fingerprint density at radius 1 is 1.13 bits per heavy atom. The van der Waals surface area contributed by atoms with E-state index < -0.39 is 45.9 Å². The number of nitrogens with one attached hydrogen (secondary N) is 1. The molecule has 0 aromatic heterocycles. The van der Waals surface area contributed by atoms with E-state index in [9.17, 15) is 27.9 Å². The Kier molecular flexibility index (Phi) is 7.11. The van der Waals surface area contributed by atoms with Gasteiger partial charge in [-0.05, 0) is 31.4 Å². The number of nitrogens with zero attached hydrogens (tertiary/aromatic N) is 2. The van der Waals surface area contributed by atoms with E-state index in [2.05, 4.69) is 5.32 Å². The van der Waals surface area contributed by atoms with Crippen LogP contribution in [0.5, 0.6) is 0 Å². The number of hydrogen-bond donors (Lipinski definition) is 2. The van der Waals surface area contributed by atoms with Crippen molar-refractivity contribution in [1.29, 1.82) is 0 Å². The van der Waals surface area contributed by atoms with Gasteiger partial charge in [0.25, 0.3) is 5.91 Å². The quantitative estimate of drug-likeness (QED) is 0.620. The van der Waals surface area contributed by atoms with Crippen molar-refractivity contribution in [3.8, 4) is 0 Å². The lowest BCUT2D eigenvalue weighted by Crippen LogP contribution is -2.66. The monoisotopic (exact) mass is 449 g/mol. The van der Waals surface area contributed by atoms with Gasteiger partial charge in [0.1, 0.15) is 12.1 Å². The summed E-state index contributed by atoms with van der Waals surface area (Å²) in [6.07, 6.45) is 4.55. The van der Waals surface area contributed by atoms with E-state index in [-0.39, 0.29) is 25.3 Å². The van der Waals surface area contributed by atoms with E-state index in [1.54, 1.807) is 49.4 Å². The molecule has 3 rings (SSSR count). The van der Waals surface area contributed by atoms with Gasteiger partial charge in [0.05, 0.1) is 5.75 Å². The van der Waals surface area contributed by atoms with Crippen LogP contribution in [0.1, 0.15) is 36.5 Å². The first-order valence-electron chi connectivity index (χ1n) is 10.3. The fourth-order valence-electron chi connectivity index (χ4n) is 3.98. The summed E-state index contributed by atoms with van der Waals surface area (Å²) in [4.78, 5) is 39.2. The number of hydrogen-bond acceptors (Lipinski definition) is 5. The molecule has 2 amide bonds. The summed E-state index contributed by atoms with van der Waals surface area (Å²) in [6, 6.07) is 5.56. The summed E-state index contributed by atoms with van der Waals surface area (Å²) in [5.41, 5.74) is 0.392. The fourth-order valence-corrected chi connectivity index (χ4v) is 5.53. The minimum atomic E-state index is -3.62. The van der Waals surface area contributed by atoms with Crippen molar-refractivity contribution >= 4 is 27.8 Å².